The third kappa shape index (κ3) is 14.4. The molecule has 81 heavy (non-hydrogen) atoms. The zero-order chi connectivity index (χ0) is 58.3. The van der Waals surface area contributed by atoms with Gasteiger partial charge in [0.15, 0.2) is 6.23 Å². The number of allylic oxidation sites excluding steroid dienone is 8. The second-order valence-electron chi connectivity index (χ2n) is 24.2. The fraction of sp³-hybridized carbons (Fsp3) is 0.603. The standard InChI is InChI=1S/C63H86N4O14/c1-39(2)14-9-16-41(5)18-11-25-62(7)53(71)34-47-51(78-60(75)64-28-21-43(69)22-29-64)32-45-49(56(47)80-62)36-66(58(45)73)27-13-20-55(77-38-68)67-37-50-46(59(67)74)33-52(79-61(76)65-30-23-44(70)24-31-65)48-35-54(72)63(8,81-57(48)50)26-12-19-42(6)17-10-15-40(3)4/h14-15,18-19,32-33,38,43-44,53-55,69-72H,9-13,16-17,20-31,34-37H2,1-8H3/b41-18+,42-19+/t53-,54-,55+,62+,63+/m0/s1. The number of carbonyl (C=O) groups excluding carboxylic acids is 5. The lowest BCUT2D eigenvalue weighted by Crippen LogP contribution is -2.49. The van der Waals surface area contributed by atoms with Gasteiger partial charge in [0.1, 0.15) is 34.2 Å². The fourth-order valence-electron chi connectivity index (χ4n) is 11.9. The van der Waals surface area contributed by atoms with E-state index in [1.54, 1.807) is 11.0 Å². The number of rotatable bonds is 21. The first-order chi connectivity index (χ1) is 38.6. The number of benzene rings is 2. The lowest BCUT2D eigenvalue weighted by Gasteiger charge is -2.41. The summed E-state index contributed by atoms with van der Waals surface area (Å²) < 4.78 is 31.4. The number of hydrogen-bond donors (Lipinski definition) is 4. The monoisotopic (exact) mass is 1120 g/mol. The Balaban J connectivity index is 1.01. The van der Waals surface area contributed by atoms with Gasteiger partial charge in [0.25, 0.3) is 18.3 Å². The fourth-order valence-corrected chi connectivity index (χ4v) is 11.9. The molecule has 0 bridgehead atoms. The summed E-state index contributed by atoms with van der Waals surface area (Å²) in [5, 5.41) is 43.8. The van der Waals surface area contributed by atoms with E-state index in [4.69, 9.17) is 23.7 Å². The highest BCUT2D eigenvalue weighted by Gasteiger charge is 2.48. The first kappa shape index (κ1) is 60.9. The van der Waals surface area contributed by atoms with E-state index in [0.717, 1.165) is 25.7 Å². The molecule has 5 atom stereocenters. The molecule has 0 spiro atoms. The van der Waals surface area contributed by atoms with E-state index < -0.39 is 59.9 Å². The second kappa shape index (κ2) is 26.4. The highest BCUT2D eigenvalue weighted by molar-refractivity contribution is 6.01. The van der Waals surface area contributed by atoms with Gasteiger partial charge >= 0.3 is 12.2 Å². The Morgan fingerprint density at radius 1 is 0.642 bits per heavy atom. The molecule has 2 aromatic carbocycles. The predicted molar refractivity (Wildman–Crippen MR) is 304 cm³/mol. The molecule has 18 nitrogen and oxygen atoms in total. The van der Waals surface area contributed by atoms with Crippen molar-refractivity contribution in [3.63, 3.8) is 0 Å². The van der Waals surface area contributed by atoms with Gasteiger partial charge in [-0.2, -0.15) is 0 Å². The molecule has 0 unspecified atom stereocenters. The molecule has 4 N–H and O–H groups in total. The van der Waals surface area contributed by atoms with Gasteiger partial charge in [0.2, 0.25) is 0 Å². The molecule has 2 aromatic rings. The van der Waals surface area contributed by atoms with Crippen molar-refractivity contribution in [2.45, 2.75) is 213 Å². The lowest BCUT2D eigenvalue weighted by atomic mass is 9.84. The zero-order valence-corrected chi connectivity index (χ0v) is 48.9. The van der Waals surface area contributed by atoms with Crippen molar-refractivity contribution in [2.24, 2.45) is 0 Å². The molecule has 18 heteroatoms. The van der Waals surface area contributed by atoms with Crippen LogP contribution in [0.25, 0.3) is 0 Å². The Kier molecular flexibility index (Phi) is 19.8. The molecule has 0 saturated carbocycles. The van der Waals surface area contributed by atoms with Crippen LogP contribution in [0.2, 0.25) is 0 Å². The van der Waals surface area contributed by atoms with Gasteiger partial charge < -0.3 is 58.8 Å². The minimum Gasteiger partial charge on any atom is -0.484 e. The van der Waals surface area contributed by atoms with Crippen LogP contribution >= 0.6 is 0 Å². The third-order valence-corrected chi connectivity index (χ3v) is 17.2. The quantitative estimate of drug-likeness (QED) is 0.0675. The number of fused-ring (bicyclic) bond motifs is 6. The van der Waals surface area contributed by atoms with E-state index >= 15 is 0 Å². The smallest absolute Gasteiger partial charge is 0.415 e. The van der Waals surface area contributed by atoms with Crippen LogP contribution in [-0.4, -0.2) is 145 Å². The van der Waals surface area contributed by atoms with Gasteiger partial charge in [-0.05, 0) is 151 Å². The summed E-state index contributed by atoms with van der Waals surface area (Å²) in [7, 11) is 0. The van der Waals surface area contributed by atoms with E-state index in [-0.39, 0.29) is 81.4 Å². The highest BCUT2D eigenvalue weighted by Crippen LogP contribution is 2.49. The van der Waals surface area contributed by atoms with E-state index in [0.29, 0.717) is 110 Å². The van der Waals surface area contributed by atoms with Gasteiger partial charge in [0, 0.05) is 74.2 Å². The van der Waals surface area contributed by atoms with Crippen molar-refractivity contribution in [3.8, 4) is 23.0 Å². The van der Waals surface area contributed by atoms with Crippen LogP contribution in [0.4, 0.5) is 9.59 Å². The molecule has 6 aliphatic rings. The number of amides is 4. The number of carbonyl (C=O) groups is 5. The Labute approximate surface area is 477 Å². The zero-order valence-electron chi connectivity index (χ0n) is 48.9. The van der Waals surface area contributed by atoms with Crippen molar-refractivity contribution >= 4 is 30.5 Å². The molecule has 8 rings (SSSR count). The molecule has 0 aromatic heterocycles. The van der Waals surface area contributed by atoms with Gasteiger partial charge in [-0.1, -0.05) is 46.6 Å². The maximum atomic E-state index is 14.7. The van der Waals surface area contributed by atoms with Crippen LogP contribution in [0.3, 0.4) is 0 Å². The Morgan fingerprint density at radius 2 is 1.09 bits per heavy atom. The first-order valence-electron chi connectivity index (χ1n) is 29.3. The van der Waals surface area contributed by atoms with Gasteiger partial charge in [-0.15, -0.1) is 0 Å². The molecule has 2 fully saturated rings. The maximum absolute atomic E-state index is 14.7. The number of hydrogen-bond acceptors (Lipinski definition) is 14. The Morgan fingerprint density at radius 3 is 1.53 bits per heavy atom. The average molecular weight is 1120 g/mol. The largest absolute Gasteiger partial charge is 0.484 e. The van der Waals surface area contributed by atoms with Gasteiger partial charge in [-0.25, -0.2) is 9.59 Å². The first-order valence-corrected chi connectivity index (χ1v) is 29.3. The molecule has 6 heterocycles. The van der Waals surface area contributed by atoms with Gasteiger partial charge in [-0.3, -0.25) is 19.3 Å². The molecule has 0 aliphatic carbocycles. The number of ether oxygens (including phenoxy) is 5. The number of nitrogens with zero attached hydrogens (tertiary/aromatic N) is 4. The summed E-state index contributed by atoms with van der Waals surface area (Å²) in [4.78, 5) is 74.8. The number of aliphatic hydroxyl groups is 4. The van der Waals surface area contributed by atoms with E-state index in [2.05, 4.69) is 65.8 Å². The van der Waals surface area contributed by atoms with Crippen LogP contribution in [-0.2, 0) is 35.5 Å². The van der Waals surface area contributed by atoms with Crippen molar-refractivity contribution < 1.29 is 68.1 Å². The third-order valence-electron chi connectivity index (χ3n) is 17.2. The number of likely N-dealkylation sites (tertiary alicyclic amines) is 2. The highest BCUT2D eigenvalue weighted by atomic mass is 16.6. The molecule has 0 radical (unpaired) electrons. The van der Waals surface area contributed by atoms with E-state index in [1.165, 1.54) is 43.1 Å². The van der Waals surface area contributed by atoms with E-state index in [1.807, 2.05) is 13.8 Å². The molecule has 4 amide bonds. The summed E-state index contributed by atoms with van der Waals surface area (Å²) in [5.41, 5.74) is 5.40. The van der Waals surface area contributed by atoms with Crippen LogP contribution in [0.15, 0.2) is 58.7 Å². The summed E-state index contributed by atoms with van der Waals surface area (Å²) in [6.45, 7) is 18.0. The minimum atomic E-state index is -1.08. The summed E-state index contributed by atoms with van der Waals surface area (Å²) >= 11 is 0. The Bertz CT molecular complexity index is 2800. The SMILES string of the molecule is CC(C)=CCC/C(C)=C/CC[C@@]1(C)Oc2c(c(OC(=O)N3CCC(O)CC3)cc3c2CN(CCC[C@@H](OC=O)N2Cc4c(cc(OC(=O)N5CCC(O)CC5)c5c4O[C@](C)(CC/C=C(\C)CCC=C(C)C)[C@@H](O)C5)C2=O)C3=O)C[C@@H]1O. The normalized spacial score (nSPS) is 23.4. The minimum absolute atomic E-state index is 0.0181. The van der Waals surface area contributed by atoms with Crippen molar-refractivity contribution in [1.29, 1.82) is 0 Å². The van der Waals surface area contributed by atoms with Gasteiger partial charge in [0.05, 0.1) is 48.6 Å². The van der Waals surface area contributed by atoms with Crippen LogP contribution in [0, 0.1) is 0 Å². The number of aliphatic hydroxyl groups excluding tert-OH is 4. The van der Waals surface area contributed by atoms with Crippen molar-refractivity contribution in [2.75, 3.05) is 32.7 Å². The van der Waals surface area contributed by atoms with Crippen molar-refractivity contribution in [1.82, 2.24) is 19.6 Å². The summed E-state index contributed by atoms with van der Waals surface area (Å²) in [6.07, 6.45) is 11.5. The molecule has 6 aliphatic heterocycles. The average Bonchev–Trinajstić information content (AvgIpc) is 4.20. The second-order valence-corrected chi connectivity index (χ2v) is 24.2. The number of piperidine rings is 2. The van der Waals surface area contributed by atoms with Crippen molar-refractivity contribution in [3.05, 3.63) is 92.1 Å². The molecule has 442 valence electrons. The predicted octanol–water partition coefficient (Wildman–Crippen LogP) is 9.54. The topological polar surface area (TPSA) is 225 Å². The van der Waals surface area contributed by atoms with Crippen LogP contribution in [0.1, 0.15) is 188 Å². The van der Waals surface area contributed by atoms with Crippen LogP contribution in [0.5, 0.6) is 23.0 Å². The summed E-state index contributed by atoms with van der Waals surface area (Å²) in [6, 6.07) is 3.06. The maximum Gasteiger partial charge on any atom is 0.415 e. The van der Waals surface area contributed by atoms with Crippen LogP contribution < -0.4 is 18.9 Å². The lowest BCUT2D eigenvalue weighted by molar-refractivity contribution is -0.141. The molecular weight excluding hydrogens is 1040 g/mol. The summed E-state index contributed by atoms with van der Waals surface area (Å²) in [5.74, 6) is 0.116. The Hall–Kier alpha value is -6.21. The van der Waals surface area contributed by atoms with E-state index in [9.17, 15) is 44.4 Å². The molecular formula is C63H86N4O14. The molecule has 2 saturated heterocycles.